The van der Waals surface area contributed by atoms with E-state index in [2.05, 4.69) is 15.2 Å². The highest BCUT2D eigenvalue weighted by atomic mass is 32.1. The monoisotopic (exact) mass is 394 g/mol. The third-order valence-corrected chi connectivity index (χ3v) is 6.35. The van der Waals surface area contributed by atoms with Crippen molar-refractivity contribution in [1.29, 1.82) is 0 Å². The van der Waals surface area contributed by atoms with Crippen LogP contribution in [0.3, 0.4) is 0 Å². The van der Waals surface area contributed by atoms with Gasteiger partial charge in [0, 0.05) is 19.1 Å². The zero-order chi connectivity index (χ0) is 19.2. The van der Waals surface area contributed by atoms with Crippen LogP contribution in [-0.2, 0) is 11.3 Å². The quantitative estimate of drug-likeness (QED) is 0.831. The highest BCUT2D eigenvalue weighted by molar-refractivity contribution is 7.13. The summed E-state index contributed by atoms with van der Waals surface area (Å²) in [6.07, 6.45) is 5.06. The van der Waals surface area contributed by atoms with Gasteiger partial charge in [0.15, 0.2) is 0 Å². The Balaban J connectivity index is 1.50. The first-order valence-corrected chi connectivity index (χ1v) is 10.8. The van der Waals surface area contributed by atoms with Crippen LogP contribution in [0.2, 0.25) is 0 Å². The Hall–Kier alpha value is -1.67. The first-order chi connectivity index (χ1) is 13.1. The zero-order valence-electron chi connectivity index (χ0n) is 16.3. The number of carbonyl (C=O) groups is 2. The van der Waals surface area contributed by atoms with E-state index in [9.17, 15) is 9.59 Å². The van der Waals surface area contributed by atoms with Crippen molar-refractivity contribution in [3.05, 3.63) is 15.6 Å². The molecule has 0 bridgehead atoms. The molecule has 0 radical (unpaired) electrons. The molecule has 0 aliphatic carbocycles. The van der Waals surface area contributed by atoms with Gasteiger partial charge in [0.2, 0.25) is 0 Å². The summed E-state index contributed by atoms with van der Waals surface area (Å²) in [5.74, 6) is -0.0375. The van der Waals surface area contributed by atoms with Crippen molar-refractivity contribution in [2.45, 2.75) is 58.5 Å². The van der Waals surface area contributed by atoms with E-state index in [0.717, 1.165) is 48.1 Å². The van der Waals surface area contributed by atoms with E-state index in [0.29, 0.717) is 19.7 Å². The van der Waals surface area contributed by atoms with Gasteiger partial charge < -0.3 is 15.0 Å². The number of nitrogens with zero attached hydrogens (tertiary/aromatic N) is 3. The van der Waals surface area contributed by atoms with Gasteiger partial charge in [-0.1, -0.05) is 6.42 Å². The molecule has 0 atom stereocenters. The standard InChI is InChI=1S/C19H30N4O3S/c1-3-26-19(25)23-11-7-15(8-12-23)21-18(24)17-14(2)20-16(27-17)13-22-9-5-4-6-10-22/h15H,3-13H2,1-2H3,(H,21,24). The van der Waals surface area contributed by atoms with Crippen LogP contribution in [0, 0.1) is 6.92 Å². The Labute approximate surface area is 165 Å². The average molecular weight is 395 g/mol. The molecule has 0 spiro atoms. The fourth-order valence-corrected chi connectivity index (χ4v) is 4.72. The molecule has 0 aromatic carbocycles. The Morgan fingerprint density at radius 2 is 1.89 bits per heavy atom. The van der Waals surface area contributed by atoms with Crippen molar-refractivity contribution in [2.24, 2.45) is 0 Å². The second-order valence-corrected chi connectivity index (χ2v) is 8.38. The second-order valence-electron chi connectivity index (χ2n) is 7.29. The molecule has 7 nitrogen and oxygen atoms in total. The number of ether oxygens (including phenoxy) is 1. The lowest BCUT2D eigenvalue weighted by Crippen LogP contribution is -2.46. The third-order valence-electron chi connectivity index (χ3n) is 5.21. The molecule has 2 amide bonds. The number of piperidine rings is 2. The topological polar surface area (TPSA) is 74.8 Å². The number of nitrogens with one attached hydrogen (secondary N) is 1. The lowest BCUT2D eigenvalue weighted by molar-refractivity contribution is 0.0862. The molecular formula is C19H30N4O3S. The van der Waals surface area contributed by atoms with Gasteiger partial charge in [-0.3, -0.25) is 9.69 Å². The van der Waals surface area contributed by atoms with Crippen LogP contribution in [0.15, 0.2) is 0 Å². The maximum atomic E-state index is 12.7. The van der Waals surface area contributed by atoms with E-state index in [1.54, 1.807) is 4.90 Å². The summed E-state index contributed by atoms with van der Waals surface area (Å²) in [4.78, 5) is 33.9. The molecule has 0 saturated carbocycles. The minimum Gasteiger partial charge on any atom is -0.450 e. The predicted molar refractivity (Wildman–Crippen MR) is 105 cm³/mol. The van der Waals surface area contributed by atoms with Crippen molar-refractivity contribution in [2.75, 3.05) is 32.8 Å². The average Bonchev–Trinajstić information content (AvgIpc) is 3.03. The van der Waals surface area contributed by atoms with Crippen molar-refractivity contribution in [3.63, 3.8) is 0 Å². The Kier molecular flexibility index (Phi) is 7.07. The van der Waals surface area contributed by atoms with Crippen molar-refractivity contribution < 1.29 is 14.3 Å². The predicted octanol–water partition coefficient (Wildman–Crippen LogP) is 2.79. The summed E-state index contributed by atoms with van der Waals surface area (Å²) in [6, 6.07) is 0.0928. The first kappa shape index (κ1) is 20.1. The van der Waals surface area contributed by atoms with Crippen molar-refractivity contribution >= 4 is 23.3 Å². The van der Waals surface area contributed by atoms with Crippen molar-refractivity contribution in [1.82, 2.24) is 20.1 Å². The molecule has 2 aliphatic heterocycles. The minimum absolute atomic E-state index is 0.0375. The summed E-state index contributed by atoms with van der Waals surface area (Å²) >= 11 is 1.51. The van der Waals surface area contributed by atoms with Gasteiger partial charge in [-0.15, -0.1) is 11.3 Å². The summed E-state index contributed by atoms with van der Waals surface area (Å²) in [6.45, 7) is 8.43. The van der Waals surface area contributed by atoms with Crippen LogP contribution in [-0.4, -0.2) is 65.6 Å². The normalized spacial score (nSPS) is 19.1. The van der Waals surface area contributed by atoms with Crippen LogP contribution < -0.4 is 5.32 Å². The van der Waals surface area contributed by atoms with Gasteiger partial charge in [-0.25, -0.2) is 9.78 Å². The molecule has 8 heteroatoms. The summed E-state index contributed by atoms with van der Waals surface area (Å²) in [7, 11) is 0. The van der Waals surface area contributed by atoms with E-state index in [4.69, 9.17) is 4.74 Å². The maximum Gasteiger partial charge on any atom is 0.409 e. The number of amides is 2. The number of aromatic nitrogens is 1. The SMILES string of the molecule is CCOC(=O)N1CCC(NC(=O)c2sc(CN3CCCCC3)nc2C)CC1. The molecule has 150 valence electrons. The zero-order valence-corrected chi connectivity index (χ0v) is 17.1. The number of thiazole rings is 1. The number of likely N-dealkylation sites (tertiary alicyclic amines) is 2. The number of hydrogen-bond acceptors (Lipinski definition) is 6. The van der Waals surface area contributed by atoms with Crippen LogP contribution in [0.25, 0.3) is 0 Å². The van der Waals surface area contributed by atoms with Gasteiger partial charge in [-0.05, 0) is 52.6 Å². The van der Waals surface area contributed by atoms with Crippen LogP contribution in [0.5, 0.6) is 0 Å². The van der Waals surface area contributed by atoms with E-state index in [-0.39, 0.29) is 18.0 Å². The van der Waals surface area contributed by atoms with Gasteiger partial charge in [0.05, 0.1) is 18.8 Å². The fraction of sp³-hybridized carbons (Fsp3) is 0.737. The van der Waals surface area contributed by atoms with Gasteiger partial charge in [0.1, 0.15) is 9.88 Å². The highest BCUT2D eigenvalue weighted by Crippen LogP contribution is 2.22. The number of rotatable bonds is 5. The molecular weight excluding hydrogens is 364 g/mol. The van der Waals surface area contributed by atoms with Crippen molar-refractivity contribution in [3.8, 4) is 0 Å². The summed E-state index contributed by atoms with van der Waals surface area (Å²) in [5, 5.41) is 4.15. The van der Waals surface area contributed by atoms with Crippen LogP contribution in [0.1, 0.15) is 59.4 Å². The molecule has 2 saturated heterocycles. The van der Waals surface area contributed by atoms with E-state index < -0.39 is 0 Å². The molecule has 0 unspecified atom stereocenters. The molecule has 2 aliphatic rings. The molecule has 1 N–H and O–H groups in total. The second kappa shape index (κ2) is 9.50. The van der Waals surface area contributed by atoms with Gasteiger partial charge >= 0.3 is 6.09 Å². The Bertz CT molecular complexity index is 649. The number of carbonyl (C=O) groups excluding carboxylic acids is 2. The molecule has 27 heavy (non-hydrogen) atoms. The summed E-state index contributed by atoms with van der Waals surface area (Å²) < 4.78 is 5.04. The lowest BCUT2D eigenvalue weighted by atomic mass is 10.1. The van der Waals surface area contributed by atoms with Gasteiger partial charge in [0.25, 0.3) is 5.91 Å². The van der Waals surface area contributed by atoms with Gasteiger partial charge in [-0.2, -0.15) is 0 Å². The third kappa shape index (κ3) is 5.42. The lowest BCUT2D eigenvalue weighted by Gasteiger charge is -2.31. The molecule has 2 fully saturated rings. The van der Waals surface area contributed by atoms with E-state index in [1.807, 2.05) is 13.8 Å². The number of aryl methyl sites for hydroxylation is 1. The van der Waals surface area contributed by atoms with E-state index in [1.165, 1.54) is 30.6 Å². The maximum absolute atomic E-state index is 12.7. The molecule has 1 aromatic rings. The largest absolute Gasteiger partial charge is 0.450 e. The highest BCUT2D eigenvalue weighted by Gasteiger charge is 2.26. The molecule has 3 rings (SSSR count). The van der Waals surface area contributed by atoms with Crippen LogP contribution >= 0.6 is 11.3 Å². The van der Waals surface area contributed by atoms with E-state index >= 15 is 0 Å². The first-order valence-electron chi connectivity index (χ1n) is 9.98. The van der Waals surface area contributed by atoms with Crippen LogP contribution in [0.4, 0.5) is 4.79 Å². The molecule has 1 aromatic heterocycles. The Morgan fingerprint density at radius 1 is 1.19 bits per heavy atom. The number of hydrogen-bond donors (Lipinski definition) is 1. The summed E-state index contributed by atoms with van der Waals surface area (Å²) in [5.41, 5.74) is 0.813. The molecule has 3 heterocycles. The minimum atomic E-state index is -0.261. The Morgan fingerprint density at radius 3 is 2.56 bits per heavy atom. The smallest absolute Gasteiger partial charge is 0.409 e. The fourth-order valence-electron chi connectivity index (χ4n) is 3.71.